The van der Waals surface area contributed by atoms with Crippen molar-refractivity contribution in [2.75, 3.05) is 12.8 Å². The highest BCUT2D eigenvalue weighted by Gasteiger charge is 2.37. The van der Waals surface area contributed by atoms with Crippen molar-refractivity contribution in [2.45, 2.75) is 113 Å². The van der Waals surface area contributed by atoms with E-state index in [0.717, 1.165) is 25.0 Å². The maximum Gasteiger partial charge on any atom is 0.326 e. The zero-order valence-electron chi connectivity index (χ0n) is 23.9. The number of nitrogens with one attached hydrogen (secondary N) is 1. The topological polar surface area (TPSA) is 89.6 Å². The van der Waals surface area contributed by atoms with Crippen LogP contribution in [0.2, 0.25) is 0 Å². The summed E-state index contributed by atoms with van der Waals surface area (Å²) in [6.45, 7) is 22.0. The Balaban J connectivity index is -0.000000420. The molecule has 0 bridgehead atoms. The Labute approximate surface area is 214 Å². The minimum atomic E-state index is -0.515. The lowest BCUT2D eigenvalue weighted by Gasteiger charge is -2.32. The molecule has 0 spiro atoms. The largest absolute Gasteiger partial charge is 0.462 e. The Hall–Kier alpha value is -1.67. The first-order valence-corrected chi connectivity index (χ1v) is 13.6. The van der Waals surface area contributed by atoms with Crippen molar-refractivity contribution in [2.24, 2.45) is 10.9 Å². The van der Waals surface area contributed by atoms with Crippen LogP contribution in [0.5, 0.6) is 0 Å². The molecule has 0 fully saturated rings. The third kappa shape index (κ3) is 19.8. The van der Waals surface area contributed by atoms with Gasteiger partial charge in [0.2, 0.25) is 5.89 Å². The van der Waals surface area contributed by atoms with Gasteiger partial charge in [0.1, 0.15) is 5.54 Å². The van der Waals surface area contributed by atoms with Crippen LogP contribution in [0.1, 0.15) is 100 Å². The van der Waals surface area contributed by atoms with Crippen molar-refractivity contribution in [1.29, 1.82) is 0 Å². The number of nitrogens with zero attached hydrogens (tertiary/aromatic N) is 3. The average molecular weight is 501 g/mol. The minimum Gasteiger partial charge on any atom is -0.462 e. The van der Waals surface area contributed by atoms with E-state index in [2.05, 4.69) is 48.1 Å². The van der Waals surface area contributed by atoms with Crippen LogP contribution in [-0.4, -0.2) is 46.1 Å². The highest BCUT2D eigenvalue weighted by atomic mass is 32.2. The molecule has 2 heterocycles. The van der Waals surface area contributed by atoms with Crippen LogP contribution in [0, 0.1) is 12.8 Å². The Morgan fingerprint density at radius 1 is 1.21 bits per heavy atom. The predicted molar refractivity (Wildman–Crippen MR) is 149 cm³/mol. The van der Waals surface area contributed by atoms with Crippen LogP contribution in [0.15, 0.2) is 21.8 Å². The highest BCUT2D eigenvalue weighted by molar-refractivity contribution is 8.12. The summed E-state index contributed by atoms with van der Waals surface area (Å²) in [7, 11) is 1.83. The molecule has 0 radical (unpaired) electrons. The van der Waals surface area contributed by atoms with Gasteiger partial charge in [0.05, 0.1) is 11.7 Å². The zero-order valence-corrected chi connectivity index (χ0v) is 24.7. The summed E-state index contributed by atoms with van der Waals surface area (Å²) in [6, 6.07) is 0. The van der Waals surface area contributed by atoms with Crippen LogP contribution in [0.4, 0.5) is 0 Å². The SMILES string of the molecule is C1=CN=CSC1.CC.CCC.CCC(CC(C)C)(NC)C(=O)OC(C)C.CCc1nc(C)no1. The normalized spacial score (nSPS) is 13.1. The maximum atomic E-state index is 12.0. The van der Waals surface area contributed by atoms with Gasteiger partial charge in [0, 0.05) is 18.4 Å². The van der Waals surface area contributed by atoms with Crippen LogP contribution in [0.25, 0.3) is 0 Å². The van der Waals surface area contributed by atoms with Crippen molar-refractivity contribution in [1.82, 2.24) is 15.5 Å². The zero-order chi connectivity index (χ0) is 27.0. The molecule has 1 aliphatic rings. The fraction of sp³-hybridized carbons (Fsp3) is 0.769. The van der Waals surface area contributed by atoms with Crippen molar-refractivity contribution < 1.29 is 14.1 Å². The molecule has 1 aromatic rings. The Morgan fingerprint density at radius 2 is 1.79 bits per heavy atom. The molecule has 34 heavy (non-hydrogen) atoms. The van der Waals surface area contributed by atoms with E-state index in [4.69, 9.17) is 9.26 Å². The van der Waals surface area contributed by atoms with E-state index < -0.39 is 5.54 Å². The number of hydrogen-bond acceptors (Lipinski definition) is 8. The number of aryl methyl sites for hydroxylation is 2. The lowest BCUT2D eigenvalue weighted by Crippen LogP contribution is -2.52. The summed E-state index contributed by atoms with van der Waals surface area (Å²) in [4.78, 5) is 19.8. The van der Waals surface area contributed by atoms with Crippen LogP contribution in [0.3, 0.4) is 0 Å². The van der Waals surface area contributed by atoms with Gasteiger partial charge in [-0.3, -0.25) is 9.79 Å². The number of aromatic nitrogens is 2. The highest BCUT2D eigenvalue weighted by Crippen LogP contribution is 2.22. The first kappa shape index (κ1) is 36.9. The van der Waals surface area contributed by atoms with E-state index in [1.165, 1.54) is 6.42 Å². The Morgan fingerprint density at radius 3 is 2.00 bits per heavy atom. The van der Waals surface area contributed by atoms with E-state index in [1.54, 1.807) is 11.8 Å². The molecule has 0 saturated heterocycles. The molecule has 1 atom stereocenters. The molecule has 1 aliphatic heterocycles. The lowest BCUT2D eigenvalue weighted by molar-refractivity contribution is -0.156. The molecule has 0 saturated carbocycles. The predicted octanol–water partition coefficient (Wildman–Crippen LogP) is 7.01. The molecule has 200 valence electrons. The molecular weight excluding hydrogens is 448 g/mol. The number of aliphatic imine (C=N–C) groups is 1. The van der Waals surface area contributed by atoms with Crippen LogP contribution >= 0.6 is 11.8 Å². The molecule has 7 nitrogen and oxygen atoms in total. The summed E-state index contributed by atoms with van der Waals surface area (Å²) in [5.41, 5.74) is 1.33. The first-order valence-electron chi connectivity index (χ1n) is 12.6. The van der Waals surface area contributed by atoms with E-state index >= 15 is 0 Å². The summed E-state index contributed by atoms with van der Waals surface area (Å²) in [5.74, 6) is 2.85. The number of likely N-dealkylation sites (N-methyl/N-ethyl adjacent to an activating group) is 1. The van der Waals surface area contributed by atoms with Gasteiger partial charge >= 0.3 is 5.97 Å². The van der Waals surface area contributed by atoms with Gasteiger partial charge in [-0.15, -0.1) is 11.8 Å². The molecule has 2 rings (SSSR count). The van der Waals surface area contributed by atoms with E-state index in [0.29, 0.717) is 17.6 Å². The molecule has 1 N–H and O–H groups in total. The van der Waals surface area contributed by atoms with Crippen molar-refractivity contribution in [3.8, 4) is 0 Å². The minimum absolute atomic E-state index is 0.0519. The molecule has 1 aromatic heterocycles. The number of carbonyl (C=O) groups is 1. The van der Waals surface area contributed by atoms with Gasteiger partial charge in [0.25, 0.3) is 0 Å². The Bertz CT molecular complexity index is 628. The van der Waals surface area contributed by atoms with Gasteiger partial charge in [-0.05, 0) is 46.6 Å². The number of hydrogen-bond donors (Lipinski definition) is 1. The Kier molecular flexibility index (Phi) is 26.5. The van der Waals surface area contributed by atoms with E-state index in [9.17, 15) is 4.79 Å². The maximum absolute atomic E-state index is 12.0. The van der Waals surface area contributed by atoms with Gasteiger partial charge < -0.3 is 14.6 Å². The molecule has 8 heteroatoms. The third-order valence-corrected chi connectivity index (χ3v) is 4.62. The number of carbonyl (C=O) groups excluding carboxylic acids is 1. The van der Waals surface area contributed by atoms with Gasteiger partial charge in [-0.2, -0.15) is 4.98 Å². The fourth-order valence-corrected chi connectivity index (χ4v) is 2.98. The van der Waals surface area contributed by atoms with Gasteiger partial charge in [-0.1, -0.05) is 73.0 Å². The summed E-state index contributed by atoms with van der Waals surface area (Å²) in [5, 5.41) is 6.73. The van der Waals surface area contributed by atoms with Crippen molar-refractivity contribution in [3.05, 3.63) is 24.0 Å². The quantitative estimate of drug-likeness (QED) is 0.403. The van der Waals surface area contributed by atoms with Gasteiger partial charge in [-0.25, -0.2) is 0 Å². The third-order valence-electron chi connectivity index (χ3n) is 3.96. The molecule has 0 aliphatic carbocycles. The molecule has 0 amide bonds. The second-order valence-electron chi connectivity index (χ2n) is 8.01. The fourth-order valence-electron chi connectivity index (χ4n) is 2.54. The smallest absolute Gasteiger partial charge is 0.326 e. The summed E-state index contributed by atoms with van der Waals surface area (Å²) < 4.78 is 10.0. The van der Waals surface area contributed by atoms with Crippen LogP contribution in [-0.2, 0) is 16.0 Å². The van der Waals surface area contributed by atoms with E-state index in [-0.39, 0.29) is 12.1 Å². The molecule has 1 unspecified atom stereocenters. The van der Waals surface area contributed by atoms with Gasteiger partial charge in [0.15, 0.2) is 5.82 Å². The average Bonchev–Trinajstić information content (AvgIpc) is 3.26. The molecule has 0 aromatic carbocycles. The number of thioether (sulfide) groups is 1. The van der Waals surface area contributed by atoms with Crippen molar-refractivity contribution >= 4 is 23.3 Å². The number of rotatable bonds is 7. The summed E-state index contributed by atoms with van der Waals surface area (Å²) >= 11 is 1.72. The number of ether oxygens (including phenoxy) is 1. The monoisotopic (exact) mass is 500 g/mol. The number of esters is 1. The van der Waals surface area contributed by atoms with E-state index in [1.807, 2.05) is 73.3 Å². The van der Waals surface area contributed by atoms with Crippen molar-refractivity contribution in [3.63, 3.8) is 0 Å². The summed E-state index contributed by atoms with van der Waals surface area (Å²) in [6.07, 6.45) is 7.43. The molecular formula is C26H52N4O3S. The second kappa shape index (κ2) is 24.5. The van der Waals surface area contributed by atoms with Crippen LogP contribution < -0.4 is 5.32 Å². The first-order chi connectivity index (χ1) is 16.1. The lowest BCUT2D eigenvalue weighted by atomic mass is 9.86. The second-order valence-corrected chi connectivity index (χ2v) is 8.88. The standard InChI is InChI=1S/C12H25NO2.C5H8N2O.C4H5NS.C3H8.C2H6/c1-7-12(13-6,8-9(2)3)11(14)15-10(4)5;1-3-5-6-4(2)7-8-5;1-2-5-4-6-3-1;1-3-2;1-2/h9-10,13H,7-8H2,1-6H3;3H2,1-2H3;1-2,4H,3H2;3H2,1-2H3;1-2H3.